The fraction of sp³-hybridized carbons (Fsp3) is 0.326. The van der Waals surface area contributed by atoms with Crippen LogP contribution in [0, 0.1) is 18.2 Å². The van der Waals surface area contributed by atoms with Gasteiger partial charge in [0.1, 0.15) is 11.3 Å². The number of aryl methyl sites for hydroxylation is 2. The second-order valence-corrected chi connectivity index (χ2v) is 25.7. The van der Waals surface area contributed by atoms with Crippen molar-refractivity contribution in [2.45, 2.75) is 83.1 Å². The number of aromatic nitrogens is 4. The zero-order valence-corrected chi connectivity index (χ0v) is 34.7. The van der Waals surface area contributed by atoms with Crippen LogP contribution in [0.25, 0.3) is 55.7 Å². The maximum Gasteiger partial charge on any atom is 0.141 e. The van der Waals surface area contributed by atoms with Crippen LogP contribution in [0.2, 0.25) is 17.3 Å². The Morgan fingerprint density at radius 3 is 2.30 bits per heavy atom. The van der Waals surface area contributed by atoms with Crippen LogP contribution in [0.15, 0.2) is 83.4 Å². The number of hydrogen-bond donors (Lipinski definition) is 0. The Morgan fingerprint density at radius 1 is 0.860 bits per heavy atom. The summed E-state index contributed by atoms with van der Waals surface area (Å²) in [5.74, 6) is 8.90. The molecule has 259 valence electrons. The van der Waals surface area contributed by atoms with Crippen molar-refractivity contribution < 1.29 is 24.5 Å². The van der Waals surface area contributed by atoms with Gasteiger partial charge in [-0.25, -0.2) is 0 Å². The molecule has 0 aliphatic heterocycles. The fourth-order valence-electron chi connectivity index (χ4n) is 7.20. The zero-order chi connectivity index (χ0) is 34.3. The first-order valence-electron chi connectivity index (χ1n) is 17.8. The number of hydrogen-bond acceptors (Lipinski definition) is 4. The molecular weight excluding hydrogens is 853 g/mol. The molecule has 4 heterocycles. The van der Waals surface area contributed by atoms with Gasteiger partial charge in [0.05, 0.1) is 16.9 Å². The minimum absolute atomic E-state index is 0. The van der Waals surface area contributed by atoms with Gasteiger partial charge in [-0.1, -0.05) is 17.7 Å². The number of pyridine rings is 2. The van der Waals surface area contributed by atoms with Crippen LogP contribution in [-0.2, 0) is 39.4 Å². The molecule has 0 N–H and O–H groups in total. The number of benzene rings is 3. The molecular formula is C43H46GeIrN4O-2. The third kappa shape index (κ3) is 7.40. The van der Waals surface area contributed by atoms with Crippen molar-refractivity contribution in [3.63, 3.8) is 0 Å². The van der Waals surface area contributed by atoms with Gasteiger partial charge < -0.3 is 14.0 Å². The molecule has 3 aromatic carbocycles. The quantitative estimate of drug-likeness (QED) is 0.123. The maximum absolute atomic E-state index is 6.08. The summed E-state index contributed by atoms with van der Waals surface area (Å²) in [5.41, 5.74) is 11.1. The third-order valence-corrected chi connectivity index (χ3v) is 13.8. The summed E-state index contributed by atoms with van der Waals surface area (Å²) in [7, 11) is 0. The molecule has 0 atom stereocenters. The van der Waals surface area contributed by atoms with Crippen LogP contribution >= 0.6 is 0 Å². The van der Waals surface area contributed by atoms with Crippen LogP contribution in [0.5, 0.6) is 0 Å². The number of imidazole rings is 1. The molecule has 1 radical (unpaired) electrons. The van der Waals surface area contributed by atoms with Gasteiger partial charge in [0.2, 0.25) is 0 Å². The number of furan rings is 1. The van der Waals surface area contributed by atoms with E-state index in [1.54, 1.807) is 4.40 Å². The Labute approximate surface area is 312 Å². The van der Waals surface area contributed by atoms with Gasteiger partial charge in [-0.2, -0.15) is 0 Å². The van der Waals surface area contributed by atoms with Crippen molar-refractivity contribution in [3.8, 4) is 22.6 Å². The van der Waals surface area contributed by atoms with Crippen molar-refractivity contribution in [2.75, 3.05) is 0 Å². The van der Waals surface area contributed by atoms with E-state index in [-0.39, 0.29) is 26.1 Å². The van der Waals surface area contributed by atoms with Gasteiger partial charge >= 0.3 is 126 Å². The number of nitrogens with zero attached hydrogens (tertiary/aromatic N) is 4. The van der Waals surface area contributed by atoms with Gasteiger partial charge in [0, 0.05) is 31.5 Å². The van der Waals surface area contributed by atoms with E-state index in [0.717, 1.165) is 69.3 Å². The number of rotatable bonds is 6. The summed E-state index contributed by atoms with van der Waals surface area (Å²) in [4.78, 5) is 14.2. The topological polar surface area (TPSA) is 56.7 Å². The van der Waals surface area contributed by atoms with E-state index in [1.807, 2.05) is 24.3 Å². The monoisotopic (exact) mass is 901 g/mol. The first-order valence-corrected chi connectivity index (χ1v) is 25.1. The Kier molecular flexibility index (Phi) is 10.8. The normalized spacial score (nSPS) is 13.1. The molecule has 7 aromatic rings. The number of fused-ring (bicyclic) bond motifs is 5. The van der Waals surface area contributed by atoms with Gasteiger partial charge in [0.15, 0.2) is 0 Å². The van der Waals surface area contributed by atoms with E-state index in [9.17, 15) is 0 Å². The third-order valence-electron chi connectivity index (χ3n) is 9.50. The molecule has 1 aliphatic carbocycles. The molecule has 0 saturated heterocycles. The van der Waals surface area contributed by atoms with Crippen molar-refractivity contribution in [2.24, 2.45) is 5.92 Å². The predicted molar refractivity (Wildman–Crippen MR) is 206 cm³/mol. The van der Waals surface area contributed by atoms with E-state index in [4.69, 9.17) is 14.4 Å². The minimum atomic E-state index is -1.86. The van der Waals surface area contributed by atoms with Crippen LogP contribution in [0.1, 0.15) is 63.3 Å². The standard InChI is InChI=1S/C25H22N3O.C18H24GeN.Ir/c1-15(2)28-22-10-6-5-9-21(22)27-24(28)18-12-20-19-11-16-7-3-4-8-17(16)13-23(19)29-25(20)26-14-18;1-14(2)11-16-12-18(15-9-7-6-8-10-15)20-13-17(16)19(3,4)5;/h5-6,9-13,15H,3-4,7-8H2,1-2H3;6-9,12-14H,11H2,1-5H3;/q2*-1;. The van der Waals surface area contributed by atoms with Gasteiger partial charge in [-0.15, -0.1) is 6.07 Å². The van der Waals surface area contributed by atoms with E-state index in [1.165, 1.54) is 29.5 Å². The van der Waals surface area contributed by atoms with Gasteiger partial charge in [-0.3, -0.25) is 4.98 Å². The van der Waals surface area contributed by atoms with E-state index < -0.39 is 13.3 Å². The van der Waals surface area contributed by atoms with Crippen LogP contribution in [0.4, 0.5) is 0 Å². The second-order valence-electron chi connectivity index (χ2n) is 15.2. The average molecular weight is 900 g/mol. The van der Waals surface area contributed by atoms with Gasteiger partial charge in [-0.05, 0) is 86.5 Å². The molecule has 4 aromatic heterocycles. The molecule has 5 nitrogen and oxygen atoms in total. The SMILES string of the molecule is CC(C)Cc1cc(-c2[c-]cccc2)nc[c]1[Ge]([CH3])([CH3])[CH3].CC(C)n1c(-c2[c-]nc3oc4cc5c(cc4c3c2)CCCC5)nc2ccccc21.[Ir]. The largest absolute Gasteiger partial charge is 0.483 e. The summed E-state index contributed by atoms with van der Waals surface area (Å²) in [6, 6.07) is 28.9. The smallest absolute Gasteiger partial charge is 0.141 e. The molecule has 0 bridgehead atoms. The van der Waals surface area contributed by atoms with E-state index >= 15 is 0 Å². The molecule has 8 rings (SSSR count). The molecule has 0 fully saturated rings. The van der Waals surface area contributed by atoms with Crippen molar-refractivity contribution in [1.29, 1.82) is 0 Å². The van der Waals surface area contributed by atoms with Crippen molar-refractivity contribution >= 4 is 50.8 Å². The van der Waals surface area contributed by atoms with Gasteiger partial charge in [0.25, 0.3) is 0 Å². The number of para-hydroxylation sites is 2. The molecule has 0 unspecified atom stereocenters. The zero-order valence-electron chi connectivity index (χ0n) is 30.2. The second kappa shape index (κ2) is 15.0. The van der Waals surface area contributed by atoms with Crippen LogP contribution in [0.3, 0.4) is 0 Å². The molecule has 0 spiro atoms. The molecule has 0 saturated carbocycles. The minimum Gasteiger partial charge on any atom is -0.483 e. The van der Waals surface area contributed by atoms with Crippen LogP contribution in [-0.4, -0.2) is 32.8 Å². The first-order chi connectivity index (χ1) is 23.6. The molecule has 50 heavy (non-hydrogen) atoms. The summed E-state index contributed by atoms with van der Waals surface area (Å²) < 4.78 is 9.88. The fourth-order valence-corrected chi connectivity index (χ4v) is 10.5. The summed E-state index contributed by atoms with van der Waals surface area (Å²) >= 11 is -1.86. The van der Waals surface area contributed by atoms with Crippen molar-refractivity contribution in [3.05, 3.63) is 108 Å². The van der Waals surface area contributed by atoms with Crippen molar-refractivity contribution in [1.82, 2.24) is 19.5 Å². The molecule has 0 amide bonds. The predicted octanol–water partition coefficient (Wildman–Crippen LogP) is 10.5. The Morgan fingerprint density at radius 2 is 1.60 bits per heavy atom. The van der Waals surface area contributed by atoms with E-state index in [2.05, 4.69) is 122 Å². The molecule has 7 heteroatoms. The maximum atomic E-state index is 6.08. The molecule has 1 aliphatic rings. The Hall–Kier alpha value is -3.58. The average Bonchev–Trinajstić information content (AvgIpc) is 3.65. The first kappa shape index (κ1) is 36.2. The van der Waals surface area contributed by atoms with E-state index in [0.29, 0.717) is 11.6 Å². The summed E-state index contributed by atoms with van der Waals surface area (Å²) in [6.45, 7) is 8.94. The summed E-state index contributed by atoms with van der Waals surface area (Å²) in [5, 5.41) is 2.19. The Bertz CT molecular complexity index is 2260. The Balaban J connectivity index is 0.000000182. The van der Waals surface area contributed by atoms with Crippen LogP contribution < -0.4 is 4.40 Å². The summed E-state index contributed by atoms with van der Waals surface area (Å²) in [6.07, 6.45) is 11.3.